The highest BCUT2D eigenvalue weighted by Gasteiger charge is 2.34. The SMILES string of the molecule is Fc1cc(Br)cc(Cn2ccnc2-c2ccccc2C(F)(F)F)c1. The molecule has 7 heteroatoms. The molecule has 0 radical (unpaired) electrons. The van der Waals surface area contributed by atoms with Crippen molar-refractivity contribution in [1.29, 1.82) is 0 Å². The maximum absolute atomic E-state index is 13.5. The zero-order valence-corrected chi connectivity index (χ0v) is 13.8. The van der Waals surface area contributed by atoms with E-state index in [9.17, 15) is 17.6 Å². The van der Waals surface area contributed by atoms with Crippen LogP contribution in [0.15, 0.2) is 59.3 Å². The molecule has 0 N–H and O–H groups in total. The fourth-order valence-corrected chi connectivity index (χ4v) is 3.02. The quantitative estimate of drug-likeness (QED) is 0.531. The van der Waals surface area contributed by atoms with Gasteiger partial charge < -0.3 is 4.57 Å². The molecular weight excluding hydrogens is 388 g/mol. The fourth-order valence-electron chi connectivity index (χ4n) is 2.51. The highest BCUT2D eigenvalue weighted by atomic mass is 79.9. The van der Waals surface area contributed by atoms with Crippen molar-refractivity contribution in [2.75, 3.05) is 0 Å². The molecule has 0 fully saturated rings. The molecule has 0 aliphatic heterocycles. The van der Waals surface area contributed by atoms with Gasteiger partial charge in [-0.2, -0.15) is 13.2 Å². The second-order valence-electron chi connectivity index (χ2n) is 5.20. The van der Waals surface area contributed by atoms with E-state index in [2.05, 4.69) is 20.9 Å². The average molecular weight is 399 g/mol. The molecule has 0 aliphatic carbocycles. The molecule has 3 rings (SSSR count). The average Bonchev–Trinajstić information content (AvgIpc) is 2.93. The molecule has 0 atom stereocenters. The van der Waals surface area contributed by atoms with Crippen molar-refractivity contribution in [3.8, 4) is 11.4 Å². The minimum absolute atomic E-state index is 0.00883. The summed E-state index contributed by atoms with van der Waals surface area (Å²) in [5.41, 5.74) is -0.144. The molecule has 0 bridgehead atoms. The molecule has 24 heavy (non-hydrogen) atoms. The molecule has 0 amide bonds. The van der Waals surface area contributed by atoms with Crippen molar-refractivity contribution < 1.29 is 17.6 Å². The van der Waals surface area contributed by atoms with E-state index in [1.54, 1.807) is 16.8 Å². The van der Waals surface area contributed by atoms with Gasteiger partial charge in [0.2, 0.25) is 0 Å². The zero-order chi connectivity index (χ0) is 17.3. The maximum atomic E-state index is 13.5. The zero-order valence-electron chi connectivity index (χ0n) is 12.2. The minimum Gasteiger partial charge on any atom is -0.327 e. The van der Waals surface area contributed by atoms with E-state index >= 15 is 0 Å². The van der Waals surface area contributed by atoms with E-state index in [4.69, 9.17) is 0 Å². The second kappa shape index (κ2) is 6.39. The molecule has 1 heterocycles. The van der Waals surface area contributed by atoms with E-state index in [1.165, 1.54) is 36.5 Å². The number of imidazole rings is 1. The maximum Gasteiger partial charge on any atom is 0.417 e. The molecule has 3 aromatic rings. The summed E-state index contributed by atoms with van der Waals surface area (Å²) in [5.74, 6) is -0.236. The number of aromatic nitrogens is 2. The first kappa shape index (κ1) is 16.7. The Hall–Kier alpha value is -2.15. The summed E-state index contributed by atoms with van der Waals surface area (Å²) in [4.78, 5) is 4.06. The summed E-state index contributed by atoms with van der Waals surface area (Å²) in [6, 6.07) is 9.63. The van der Waals surface area contributed by atoms with Gasteiger partial charge in [-0.1, -0.05) is 34.1 Å². The van der Waals surface area contributed by atoms with Crippen molar-refractivity contribution >= 4 is 15.9 Å². The Morgan fingerprint density at radius 1 is 1.08 bits per heavy atom. The van der Waals surface area contributed by atoms with Crippen LogP contribution in [-0.2, 0) is 12.7 Å². The molecule has 0 aliphatic rings. The first-order valence-electron chi connectivity index (χ1n) is 6.97. The third-order valence-corrected chi connectivity index (χ3v) is 3.92. The third-order valence-electron chi connectivity index (χ3n) is 3.46. The summed E-state index contributed by atoms with van der Waals surface area (Å²) in [6.07, 6.45) is -1.48. The van der Waals surface area contributed by atoms with Crippen molar-refractivity contribution in [2.45, 2.75) is 12.7 Å². The van der Waals surface area contributed by atoms with Crippen LogP contribution in [0, 0.1) is 5.82 Å². The van der Waals surface area contributed by atoms with Crippen molar-refractivity contribution in [1.82, 2.24) is 9.55 Å². The van der Waals surface area contributed by atoms with Crippen LogP contribution in [0.5, 0.6) is 0 Å². The Kier molecular flexibility index (Phi) is 4.45. The summed E-state index contributed by atoms with van der Waals surface area (Å²) in [6.45, 7) is 0.206. The van der Waals surface area contributed by atoms with Gasteiger partial charge in [-0.05, 0) is 29.8 Å². The Labute approximate surface area is 143 Å². The molecular formula is C17H11BrF4N2. The molecule has 0 unspecified atom stereocenters. The lowest BCUT2D eigenvalue weighted by Crippen LogP contribution is -2.09. The molecule has 2 aromatic carbocycles. The highest BCUT2D eigenvalue weighted by Crippen LogP contribution is 2.36. The van der Waals surface area contributed by atoms with Gasteiger partial charge in [0.05, 0.1) is 5.56 Å². The number of nitrogens with zero attached hydrogens (tertiary/aromatic N) is 2. The molecule has 124 valence electrons. The van der Waals surface area contributed by atoms with Crippen LogP contribution in [0.1, 0.15) is 11.1 Å². The lowest BCUT2D eigenvalue weighted by atomic mass is 10.1. The third kappa shape index (κ3) is 3.51. The Morgan fingerprint density at radius 2 is 1.83 bits per heavy atom. The van der Waals surface area contributed by atoms with Crippen molar-refractivity contribution in [2.24, 2.45) is 0 Å². The monoisotopic (exact) mass is 398 g/mol. The van der Waals surface area contributed by atoms with Gasteiger partial charge >= 0.3 is 6.18 Å². The van der Waals surface area contributed by atoms with Crippen LogP contribution in [-0.4, -0.2) is 9.55 Å². The van der Waals surface area contributed by atoms with E-state index in [0.717, 1.165) is 6.07 Å². The largest absolute Gasteiger partial charge is 0.417 e. The Morgan fingerprint density at radius 3 is 2.54 bits per heavy atom. The van der Waals surface area contributed by atoms with Crippen LogP contribution in [0.3, 0.4) is 0 Å². The van der Waals surface area contributed by atoms with Gasteiger partial charge in [-0.3, -0.25) is 0 Å². The van der Waals surface area contributed by atoms with Crippen molar-refractivity contribution in [3.63, 3.8) is 0 Å². The molecule has 0 saturated heterocycles. The fraction of sp³-hybridized carbons (Fsp3) is 0.118. The lowest BCUT2D eigenvalue weighted by Gasteiger charge is -2.14. The molecule has 0 spiro atoms. The lowest BCUT2D eigenvalue weighted by molar-refractivity contribution is -0.137. The Balaban J connectivity index is 2.03. The van der Waals surface area contributed by atoms with Gasteiger partial charge in [0.1, 0.15) is 11.6 Å². The van der Waals surface area contributed by atoms with Gasteiger partial charge in [0.15, 0.2) is 0 Å². The summed E-state index contributed by atoms with van der Waals surface area (Å²) in [5, 5.41) is 0. The van der Waals surface area contributed by atoms with Crippen LogP contribution in [0.25, 0.3) is 11.4 Å². The van der Waals surface area contributed by atoms with Crippen molar-refractivity contribution in [3.05, 3.63) is 76.3 Å². The van der Waals surface area contributed by atoms with E-state index in [0.29, 0.717) is 10.0 Å². The van der Waals surface area contributed by atoms with E-state index < -0.39 is 17.6 Å². The van der Waals surface area contributed by atoms with Crippen LogP contribution >= 0.6 is 15.9 Å². The predicted octanol–water partition coefficient (Wildman–Crippen LogP) is 5.52. The first-order chi connectivity index (χ1) is 11.3. The summed E-state index contributed by atoms with van der Waals surface area (Å²) < 4.78 is 55.3. The Bertz CT molecular complexity index is 851. The van der Waals surface area contributed by atoms with Gasteiger partial charge in [0, 0.05) is 29.0 Å². The number of halogens is 5. The first-order valence-corrected chi connectivity index (χ1v) is 7.76. The van der Waals surface area contributed by atoms with Crippen LogP contribution in [0.4, 0.5) is 17.6 Å². The van der Waals surface area contributed by atoms with E-state index in [1.807, 2.05) is 0 Å². The predicted molar refractivity (Wildman–Crippen MR) is 85.9 cm³/mol. The number of benzene rings is 2. The molecule has 0 saturated carbocycles. The highest BCUT2D eigenvalue weighted by molar-refractivity contribution is 9.10. The van der Waals surface area contributed by atoms with E-state index in [-0.39, 0.29) is 17.9 Å². The second-order valence-corrected chi connectivity index (χ2v) is 6.12. The normalized spacial score (nSPS) is 11.7. The van der Waals surface area contributed by atoms with Crippen LogP contribution < -0.4 is 0 Å². The number of hydrogen-bond acceptors (Lipinski definition) is 1. The standard InChI is InChI=1S/C17H11BrF4N2/c18-12-7-11(8-13(19)9-12)10-24-6-5-23-16(24)14-3-1-2-4-15(14)17(20,21)22/h1-9H,10H2. The van der Waals surface area contributed by atoms with Gasteiger partial charge in [-0.25, -0.2) is 9.37 Å². The van der Waals surface area contributed by atoms with Gasteiger partial charge in [-0.15, -0.1) is 0 Å². The topological polar surface area (TPSA) is 17.8 Å². The summed E-state index contributed by atoms with van der Waals surface area (Å²) >= 11 is 3.20. The van der Waals surface area contributed by atoms with Gasteiger partial charge in [0.25, 0.3) is 0 Å². The number of alkyl halides is 3. The number of hydrogen-bond donors (Lipinski definition) is 0. The summed E-state index contributed by atoms with van der Waals surface area (Å²) in [7, 11) is 0. The molecule has 1 aromatic heterocycles. The number of rotatable bonds is 3. The minimum atomic E-state index is -4.48. The smallest absolute Gasteiger partial charge is 0.327 e. The molecule has 2 nitrogen and oxygen atoms in total. The van der Waals surface area contributed by atoms with Crippen LogP contribution in [0.2, 0.25) is 0 Å².